The van der Waals surface area contributed by atoms with Crippen molar-refractivity contribution in [2.24, 2.45) is 0 Å². The van der Waals surface area contributed by atoms with E-state index in [1.54, 1.807) is 20.4 Å². The van der Waals surface area contributed by atoms with E-state index in [1.165, 1.54) is 12.8 Å². The first-order valence-corrected chi connectivity index (χ1v) is 9.57. The molecule has 1 aromatic heterocycles. The molecule has 7 heteroatoms. The SMILES string of the molecule is COc1ccc(OC)c([C@H](C)NC(=O)NCc2ccnc(N3CCCC3)c2)c1. The zero-order valence-corrected chi connectivity index (χ0v) is 16.7. The molecule has 1 fully saturated rings. The number of hydrogen-bond acceptors (Lipinski definition) is 5. The van der Waals surface area contributed by atoms with Crippen molar-refractivity contribution >= 4 is 11.8 Å². The fraction of sp³-hybridized carbons (Fsp3) is 0.429. The molecule has 3 rings (SSSR count). The van der Waals surface area contributed by atoms with Gasteiger partial charge in [-0.05, 0) is 55.7 Å². The highest BCUT2D eigenvalue weighted by Gasteiger charge is 2.16. The Balaban J connectivity index is 1.58. The van der Waals surface area contributed by atoms with Crippen molar-refractivity contribution in [1.29, 1.82) is 0 Å². The molecule has 0 saturated carbocycles. The van der Waals surface area contributed by atoms with Crippen molar-refractivity contribution in [3.8, 4) is 11.5 Å². The number of hydrogen-bond donors (Lipinski definition) is 2. The second kappa shape index (κ2) is 9.30. The number of rotatable bonds is 7. The van der Waals surface area contributed by atoms with E-state index in [0.717, 1.165) is 35.8 Å². The van der Waals surface area contributed by atoms with Gasteiger partial charge in [-0.1, -0.05) is 0 Å². The normalized spacial score (nSPS) is 14.5. The number of anilines is 1. The lowest BCUT2D eigenvalue weighted by Crippen LogP contribution is -2.36. The van der Waals surface area contributed by atoms with Crippen LogP contribution >= 0.6 is 0 Å². The van der Waals surface area contributed by atoms with Gasteiger partial charge in [-0.25, -0.2) is 9.78 Å². The molecule has 7 nitrogen and oxygen atoms in total. The number of nitrogens with zero attached hydrogens (tertiary/aromatic N) is 2. The Morgan fingerprint density at radius 1 is 1.18 bits per heavy atom. The average molecular weight is 384 g/mol. The second-order valence-electron chi connectivity index (χ2n) is 6.87. The lowest BCUT2D eigenvalue weighted by molar-refractivity contribution is 0.237. The van der Waals surface area contributed by atoms with Crippen LogP contribution in [0.15, 0.2) is 36.5 Å². The molecule has 2 N–H and O–H groups in total. The van der Waals surface area contributed by atoms with Crippen LogP contribution in [0, 0.1) is 0 Å². The lowest BCUT2D eigenvalue weighted by Gasteiger charge is -2.19. The van der Waals surface area contributed by atoms with Crippen molar-refractivity contribution in [3.05, 3.63) is 47.7 Å². The van der Waals surface area contributed by atoms with Crippen molar-refractivity contribution in [2.45, 2.75) is 32.4 Å². The summed E-state index contributed by atoms with van der Waals surface area (Å²) < 4.78 is 10.7. The van der Waals surface area contributed by atoms with Crippen molar-refractivity contribution in [1.82, 2.24) is 15.6 Å². The Kier molecular flexibility index (Phi) is 6.57. The van der Waals surface area contributed by atoms with Crippen molar-refractivity contribution in [3.63, 3.8) is 0 Å². The highest BCUT2D eigenvalue weighted by atomic mass is 16.5. The quantitative estimate of drug-likeness (QED) is 0.766. The number of benzene rings is 1. The monoisotopic (exact) mass is 384 g/mol. The zero-order valence-electron chi connectivity index (χ0n) is 16.7. The molecular formula is C21H28N4O3. The lowest BCUT2D eigenvalue weighted by atomic mass is 10.1. The van der Waals surface area contributed by atoms with Crippen molar-refractivity contribution < 1.29 is 14.3 Å². The molecule has 2 aromatic rings. The predicted octanol–water partition coefficient (Wildman–Crippen LogP) is 3.26. The molecule has 2 amide bonds. The molecule has 1 aliphatic heterocycles. The van der Waals surface area contributed by atoms with Crippen LogP contribution in [0.1, 0.15) is 36.9 Å². The van der Waals surface area contributed by atoms with E-state index < -0.39 is 0 Å². The van der Waals surface area contributed by atoms with E-state index in [-0.39, 0.29) is 12.1 Å². The summed E-state index contributed by atoms with van der Waals surface area (Å²) in [5.74, 6) is 2.40. The fourth-order valence-corrected chi connectivity index (χ4v) is 3.38. The first kappa shape index (κ1) is 19.8. The van der Waals surface area contributed by atoms with Gasteiger partial charge in [0.1, 0.15) is 17.3 Å². The van der Waals surface area contributed by atoms with Crippen molar-refractivity contribution in [2.75, 3.05) is 32.2 Å². The largest absolute Gasteiger partial charge is 0.497 e. The molecule has 2 heterocycles. The smallest absolute Gasteiger partial charge is 0.315 e. The molecule has 0 bridgehead atoms. The van der Waals surface area contributed by atoms with Gasteiger partial charge in [0.15, 0.2) is 0 Å². The predicted molar refractivity (Wildman–Crippen MR) is 109 cm³/mol. The van der Waals surface area contributed by atoms with Crippen LogP contribution in [0.4, 0.5) is 10.6 Å². The molecule has 28 heavy (non-hydrogen) atoms. The Bertz CT molecular complexity index is 806. The summed E-state index contributed by atoms with van der Waals surface area (Å²) >= 11 is 0. The minimum Gasteiger partial charge on any atom is -0.497 e. The average Bonchev–Trinajstić information content (AvgIpc) is 3.27. The number of urea groups is 1. The minimum absolute atomic E-state index is 0.234. The van der Waals surface area contributed by atoms with Gasteiger partial charge in [-0.15, -0.1) is 0 Å². The number of carbonyl (C=O) groups excluding carboxylic acids is 1. The molecule has 1 saturated heterocycles. The van der Waals surface area contributed by atoms with Gasteiger partial charge < -0.3 is 25.0 Å². The van der Waals surface area contributed by atoms with E-state index in [2.05, 4.69) is 20.5 Å². The number of methoxy groups -OCH3 is 2. The second-order valence-corrected chi connectivity index (χ2v) is 6.87. The molecular weight excluding hydrogens is 356 g/mol. The standard InChI is InChI=1S/C21H28N4O3/c1-15(18-13-17(27-2)6-7-19(18)28-3)24-21(26)23-14-16-8-9-22-20(12-16)25-10-4-5-11-25/h6-9,12-13,15H,4-5,10-11,14H2,1-3H3,(H2,23,24,26)/t15-/m0/s1. The molecule has 1 aromatic carbocycles. The molecule has 0 aliphatic carbocycles. The van der Waals surface area contributed by atoms with Crippen LogP contribution in [-0.2, 0) is 6.54 Å². The van der Waals surface area contributed by atoms with Gasteiger partial charge in [0.05, 0.1) is 20.3 Å². The van der Waals surface area contributed by atoms with Gasteiger partial charge in [-0.3, -0.25) is 0 Å². The fourth-order valence-electron chi connectivity index (χ4n) is 3.38. The Labute approximate surface area is 166 Å². The maximum absolute atomic E-state index is 12.4. The maximum Gasteiger partial charge on any atom is 0.315 e. The minimum atomic E-state index is -0.239. The first-order chi connectivity index (χ1) is 13.6. The summed E-state index contributed by atoms with van der Waals surface area (Å²) in [5, 5.41) is 5.87. The van der Waals surface area contributed by atoms with Gasteiger partial charge >= 0.3 is 6.03 Å². The van der Waals surface area contributed by atoms with E-state index >= 15 is 0 Å². The van der Waals surface area contributed by atoms with Gasteiger partial charge in [-0.2, -0.15) is 0 Å². The van der Waals surface area contributed by atoms with Crippen LogP contribution in [-0.4, -0.2) is 38.3 Å². The molecule has 1 aliphatic rings. The summed E-state index contributed by atoms with van der Waals surface area (Å²) in [7, 11) is 3.22. The van der Waals surface area contributed by atoms with E-state index in [9.17, 15) is 4.79 Å². The molecule has 150 valence electrons. The first-order valence-electron chi connectivity index (χ1n) is 9.57. The third-order valence-electron chi connectivity index (χ3n) is 4.94. The maximum atomic E-state index is 12.4. The highest BCUT2D eigenvalue weighted by Crippen LogP contribution is 2.29. The number of carbonyl (C=O) groups is 1. The van der Waals surface area contributed by atoms with Crippen LogP contribution in [0.3, 0.4) is 0 Å². The summed E-state index contributed by atoms with van der Waals surface area (Å²) in [6.45, 7) is 4.44. The van der Waals surface area contributed by atoms with E-state index in [1.807, 2.05) is 37.3 Å². The number of aromatic nitrogens is 1. The number of ether oxygens (including phenoxy) is 2. The summed E-state index contributed by atoms with van der Waals surface area (Å²) in [5.41, 5.74) is 1.89. The number of amides is 2. The summed E-state index contributed by atoms with van der Waals surface area (Å²) in [4.78, 5) is 19.1. The van der Waals surface area contributed by atoms with Gasteiger partial charge in [0.25, 0.3) is 0 Å². The third kappa shape index (κ3) is 4.85. The van der Waals surface area contributed by atoms with Crippen LogP contribution in [0.5, 0.6) is 11.5 Å². The zero-order chi connectivity index (χ0) is 19.9. The van der Waals surface area contributed by atoms with Crippen LogP contribution in [0.2, 0.25) is 0 Å². The third-order valence-corrected chi connectivity index (χ3v) is 4.94. The van der Waals surface area contributed by atoms with Gasteiger partial charge in [0, 0.05) is 31.4 Å². The summed E-state index contributed by atoms with van der Waals surface area (Å²) in [6, 6.07) is 9.03. The molecule has 0 spiro atoms. The topological polar surface area (TPSA) is 75.7 Å². The van der Waals surface area contributed by atoms with E-state index in [0.29, 0.717) is 12.3 Å². The molecule has 1 atom stereocenters. The Morgan fingerprint density at radius 2 is 1.96 bits per heavy atom. The molecule has 0 unspecified atom stereocenters. The Hall–Kier alpha value is -2.96. The van der Waals surface area contributed by atoms with Crippen LogP contribution in [0.25, 0.3) is 0 Å². The summed E-state index contributed by atoms with van der Waals surface area (Å²) in [6.07, 6.45) is 4.21. The van der Waals surface area contributed by atoms with Gasteiger partial charge in [0.2, 0.25) is 0 Å². The van der Waals surface area contributed by atoms with E-state index in [4.69, 9.17) is 9.47 Å². The van der Waals surface area contributed by atoms with Crippen LogP contribution < -0.4 is 25.0 Å². The number of nitrogens with one attached hydrogen (secondary N) is 2. The Morgan fingerprint density at radius 3 is 2.68 bits per heavy atom. The highest BCUT2D eigenvalue weighted by molar-refractivity contribution is 5.74. The molecule has 0 radical (unpaired) electrons. The number of pyridine rings is 1.